The predicted molar refractivity (Wildman–Crippen MR) is 59.3 cm³/mol. The Morgan fingerprint density at radius 2 is 2.07 bits per heavy atom. The van der Waals surface area contributed by atoms with Gasteiger partial charge in [0.15, 0.2) is 0 Å². The molecule has 0 radical (unpaired) electrons. The average molecular weight is 210 g/mol. The molecule has 0 atom stereocenters. The van der Waals surface area contributed by atoms with Gasteiger partial charge in [-0.2, -0.15) is 0 Å². The SMILES string of the molecule is CCCCOCCOc1cccc(O)c1. The van der Waals surface area contributed by atoms with Crippen LogP contribution in [0.25, 0.3) is 0 Å². The van der Waals surface area contributed by atoms with Crippen LogP contribution in [0.5, 0.6) is 11.5 Å². The summed E-state index contributed by atoms with van der Waals surface area (Å²) in [7, 11) is 0. The molecule has 15 heavy (non-hydrogen) atoms. The van der Waals surface area contributed by atoms with Crippen molar-refractivity contribution in [2.24, 2.45) is 0 Å². The van der Waals surface area contributed by atoms with Crippen molar-refractivity contribution in [3.05, 3.63) is 24.3 Å². The quantitative estimate of drug-likeness (QED) is 0.703. The molecule has 0 aliphatic heterocycles. The van der Waals surface area contributed by atoms with Gasteiger partial charge in [0.1, 0.15) is 18.1 Å². The molecule has 1 N–H and O–H groups in total. The molecule has 0 saturated heterocycles. The lowest BCUT2D eigenvalue weighted by molar-refractivity contribution is 0.0980. The van der Waals surface area contributed by atoms with Crippen LogP contribution in [0.15, 0.2) is 24.3 Å². The zero-order chi connectivity index (χ0) is 10.9. The van der Waals surface area contributed by atoms with E-state index in [2.05, 4.69) is 6.92 Å². The van der Waals surface area contributed by atoms with E-state index in [1.54, 1.807) is 18.2 Å². The Kier molecular flexibility index (Phi) is 5.63. The van der Waals surface area contributed by atoms with Gasteiger partial charge in [-0.25, -0.2) is 0 Å². The highest BCUT2D eigenvalue weighted by molar-refractivity contribution is 5.31. The average Bonchev–Trinajstić information content (AvgIpc) is 2.23. The molecule has 0 amide bonds. The summed E-state index contributed by atoms with van der Waals surface area (Å²) in [6, 6.07) is 6.77. The number of aromatic hydroxyl groups is 1. The minimum Gasteiger partial charge on any atom is -0.508 e. The van der Waals surface area contributed by atoms with E-state index in [0.717, 1.165) is 19.4 Å². The van der Waals surface area contributed by atoms with Crippen molar-refractivity contribution in [2.45, 2.75) is 19.8 Å². The van der Waals surface area contributed by atoms with Crippen molar-refractivity contribution >= 4 is 0 Å². The van der Waals surface area contributed by atoms with Gasteiger partial charge in [0, 0.05) is 12.7 Å². The van der Waals surface area contributed by atoms with E-state index in [-0.39, 0.29) is 5.75 Å². The summed E-state index contributed by atoms with van der Waals surface area (Å²) in [6.45, 7) is 4.04. The Morgan fingerprint density at radius 1 is 1.20 bits per heavy atom. The first-order chi connectivity index (χ1) is 7.33. The van der Waals surface area contributed by atoms with Crippen LogP contribution in [-0.4, -0.2) is 24.9 Å². The maximum Gasteiger partial charge on any atom is 0.123 e. The Bertz CT molecular complexity index is 273. The second-order valence-electron chi connectivity index (χ2n) is 3.31. The molecule has 0 aromatic heterocycles. The smallest absolute Gasteiger partial charge is 0.123 e. The Hall–Kier alpha value is -1.22. The second kappa shape index (κ2) is 7.12. The highest BCUT2D eigenvalue weighted by Gasteiger charge is 1.94. The molecule has 0 bridgehead atoms. The number of hydrogen-bond acceptors (Lipinski definition) is 3. The molecule has 0 heterocycles. The number of phenolic OH excluding ortho intramolecular Hbond substituents is 1. The molecular weight excluding hydrogens is 192 g/mol. The van der Waals surface area contributed by atoms with Gasteiger partial charge in [0.25, 0.3) is 0 Å². The fourth-order valence-corrected chi connectivity index (χ4v) is 1.14. The molecule has 0 aliphatic rings. The van der Waals surface area contributed by atoms with Crippen LogP contribution >= 0.6 is 0 Å². The van der Waals surface area contributed by atoms with Crippen molar-refractivity contribution in [3.63, 3.8) is 0 Å². The highest BCUT2D eigenvalue weighted by Crippen LogP contribution is 2.17. The fraction of sp³-hybridized carbons (Fsp3) is 0.500. The third-order valence-electron chi connectivity index (χ3n) is 1.96. The van der Waals surface area contributed by atoms with E-state index in [1.165, 1.54) is 0 Å². The van der Waals surface area contributed by atoms with Crippen molar-refractivity contribution in [1.29, 1.82) is 0 Å². The summed E-state index contributed by atoms with van der Waals surface area (Å²) >= 11 is 0. The molecule has 1 aromatic rings. The standard InChI is InChI=1S/C12H18O3/c1-2-3-7-14-8-9-15-12-6-4-5-11(13)10-12/h4-6,10,13H,2-3,7-9H2,1H3. The van der Waals surface area contributed by atoms with Crippen molar-refractivity contribution < 1.29 is 14.6 Å². The molecule has 84 valence electrons. The largest absolute Gasteiger partial charge is 0.508 e. The van der Waals surface area contributed by atoms with Gasteiger partial charge in [-0.05, 0) is 18.6 Å². The maximum absolute atomic E-state index is 9.17. The number of ether oxygens (including phenoxy) is 2. The van der Waals surface area contributed by atoms with Crippen LogP contribution in [-0.2, 0) is 4.74 Å². The summed E-state index contributed by atoms with van der Waals surface area (Å²) < 4.78 is 10.7. The van der Waals surface area contributed by atoms with E-state index in [1.807, 2.05) is 6.07 Å². The van der Waals surface area contributed by atoms with E-state index in [0.29, 0.717) is 19.0 Å². The molecule has 3 heteroatoms. The second-order valence-corrected chi connectivity index (χ2v) is 3.31. The third kappa shape index (κ3) is 5.27. The Labute approximate surface area is 90.6 Å². The minimum atomic E-state index is 0.222. The van der Waals surface area contributed by atoms with Crippen LogP contribution in [0.1, 0.15) is 19.8 Å². The number of rotatable bonds is 7. The topological polar surface area (TPSA) is 38.7 Å². The Morgan fingerprint density at radius 3 is 2.80 bits per heavy atom. The lowest BCUT2D eigenvalue weighted by Gasteiger charge is -2.06. The highest BCUT2D eigenvalue weighted by atomic mass is 16.5. The Balaban J connectivity index is 2.10. The summed E-state index contributed by atoms with van der Waals surface area (Å²) in [5, 5.41) is 9.17. The summed E-state index contributed by atoms with van der Waals surface area (Å²) in [6.07, 6.45) is 2.24. The first kappa shape index (κ1) is 11.9. The normalized spacial score (nSPS) is 10.2. The lowest BCUT2D eigenvalue weighted by atomic mass is 10.3. The van der Waals surface area contributed by atoms with Gasteiger partial charge in [-0.1, -0.05) is 19.4 Å². The van der Waals surface area contributed by atoms with E-state index >= 15 is 0 Å². The van der Waals surface area contributed by atoms with Gasteiger partial charge >= 0.3 is 0 Å². The molecule has 1 aromatic carbocycles. The fourth-order valence-electron chi connectivity index (χ4n) is 1.14. The first-order valence-corrected chi connectivity index (χ1v) is 5.32. The molecule has 3 nitrogen and oxygen atoms in total. The molecule has 1 rings (SSSR count). The van der Waals surface area contributed by atoms with Crippen molar-refractivity contribution in [2.75, 3.05) is 19.8 Å². The summed E-state index contributed by atoms with van der Waals surface area (Å²) in [4.78, 5) is 0. The maximum atomic E-state index is 9.17. The number of benzene rings is 1. The zero-order valence-electron chi connectivity index (χ0n) is 9.11. The molecule has 0 saturated carbocycles. The van der Waals surface area contributed by atoms with E-state index < -0.39 is 0 Å². The molecule has 0 unspecified atom stereocenters. The third-order valence-corrected chi connectivity index (χ3v) is 1.96. The lowest BCUT2D eigenvalue weighted by Crippen LogP contribution is -2.07. The molecule has 0 spiro atoms. The van der Waals surface area contributed by atoms with Gasteiger partial charge in [0.05, 0.1) is 6.61 Å². The van der Waals surface area contributed by atoms with Gasteiger partial charge < -0.3 is 14.6 Å². The minimum absolute atomic E-state index is 0.222. The van der Waals surface area contributed by atoms with Crippen LogP contribution in [0, 0.1) is 0 Å². The van der Waals surface area contributed by atoms with Gasteiger partial charge in [-0.15, -0.1) is 0 Å². The molecular formula is C12H18O3. The van der Waals surface area contributed by atoms with Gasteiger partial charge in [-0.3, -0.25) is 0 Å². The summed E-state index contributed by atoms with van der Waals surface area (Å²) in [5.74, 6) is 0.897. The van der Waals surface area contributed by atoms with E-state index in [9.17, 15) is 5.11 Å². The predicted octanol–water partition coefficient (Wildman–Crippen LogP) is 2.59. The molecule has 0 fully saturated rings. The van der Waals surface area contributed by atoms with Crippen LogP contribution in [0.4, 0.5) is 0 Å². The number of unbranched alkanes of at least 4 members (excludes halogenated alkanes) is 1. The first-order valence-electron chi connectivity index (χ1n) is 5.32. The van der Waals surface area contributed by atoms with Gasteiger partial charge in [0.2, 0.25) is 0 Å². The van der Waals surface area contributed by atoms with E-state index in [4.69, 9.17) is 9.47 Å². The number of phenols is 1. The monoisotopic (exact) mass is 210 g/mol. The number of hydrogen-bond donors (Lipinski definition) is 1. The molecule has 0 aliphatic carbocycles. The summed E-state index contributed by atoms with van der Waals surface area (Å²) in [5.41, 5.74) is 0. The van der Waals surface area contributed by atoms with Crippen molar-refractivity contribution in [3.8, 4) is 11.5 Å². The van der Waals surface area contributed by atoms with Crippen molar-refractivity contribution in [1.82, 2.24) is 0 Å². The van der Waals surface area contributed by atoms with Crippen LogP contribution < -0.4 is 4.74 Å². The van der Waals surface area contributed by atoms with Crippen LogP contribution in [0.2, 0.25) is 0 Å². The zero-order valence-corrected chi connectivity index (χ0v) is 9.11. The van der Waals surface area contributed by atoms with Crippen LogP contribution in [0.3, 0.4) is 0 Å².